The van der Waals surface area contributed by atoms with Gasteiger partial charge < -0.3 is 0 Å². The summed E-state index contributed by atoms with van der Waals surface area (Å²) in [6.07, 6.45) is 2.23. The minimum atomic E-state index is -0.150. The standard InChI is InChI=1S/C11H15F/c1-3-9(2)8-10-4-6-11(12)7-5-10/h4-7,9H,3,8H2,1-2H3/t9-/m0/s1. The van der Waals surface area contributed by atoms with Crippen LogP contribution in [0.1, 0.15) is 25.8 Å². The molecule has 66 valence electrons. The zero-order chi connectivity index (χ0) is 8.97. The number of hydrogen-bond acceptors (Lipinski definition) is 0. The normalized spacial score (nSPS) is 12.9. The van der Waals surface area contributed by atoms with Crippen molar-refractivity contribution in [2.45, 2.75) is 26.7 Å². The number of benzene rings is 1. The average Bonchev–Trinajstić information content (AvgIpc) is 2.09. The quantitative estimate of drug-likeness (QED) is 0.645. The first-order valence-electron chi connectivity index (χ1n) is 4.46. The van der Waals surface area contributed by atoms with Gasteiger partial charge in [-0.1, -0.05) is 32.4 Å². The van der Waals surface area contributed by atoms with E-state index in [0.717, 1.165) is 6.42 Å². The lowest BCUT2D eigenvalue weighted by molar-refractivity contribution is 0.558. The van der Waals surface area contributed by atoms with Crippen molar-refractivity contribution in [1.29, 1.82) is 0 Å². The average molecular weight is 166 g/mol. The maximum absolute atomic E-state index is 12.5. The van der Waals surface area contributed by atoms with Gasteiger partial charge in [0.05, 0.1) is 0 Å². The molecule has 1 aromatic carbocycles. The SMILES string of the molecule is CC[C@H](C)Cc1ccc(F)cc1. The molecule has 0 saturated heterocycles. The molecule has 0 spiro atoms. The van der Waals surface area contributed by atoms with Crippen LogP contribution in [0.5, 0.6) is 0 Å². The molecule has 0 nitrogen and oxygen atoms in total. The van der Waals surface area contributed by atoms with Gasteiger partial charge in [0.25, 0.3) is 0 Å². The highest BCUT2D eigenvalue weighted by Crippen LogP contribution is 2.11. The van der Waals surface area contributed by atoms with Crippen molar-refractivity contribution >= 4 is 0 Å². The Labute approximate surface area is 73.4 Å². The predicted molar refractivity (Wildman–Crippen MR) is 49.6 cm³/mol. The molecule has 0 aliphatic rings. The molecule has 0 N–H and O–H groups in total. The molecule has 12 heavy (non-hydrogen) atoms. The summed E-state index contributed by atoms with van der Waals surface area (Å²) in [5.74, 6) is 0.540. The summed E-state index contributed by atoms with van der Waals surface area (Å²) in [4.78, 5) is 0. The van der Waals surface area contributed by atoms with Crippen molar-refractivity contribution in [2.75, 3.05) is 0 Å². The molecular weight excluding hydrogens is 151 g/mol. The smallest absolute Gasteiger partial charge is 0.123 e. The summed E-state index contributed by atoms with van der Waals surface area (Å²) >= 11 is 0. The van der Waals surface area contributed by atoms with Crippen LogP contribution in [-0.2, 0) is 6.42 Å². The summed E-state index contributed by atoms with van der Waals surface area (Å²) < 4.78 is 12.5. The lowest BCUT2D eigenvalue weighted by Crippen LogP contribution is -1.97. The monoisotopic (exact) mass is 166 g/mol. The van der Waals surface area contributed by atoms with E-state index in [1.807, 2.05) is 12.1 Å². The zero-order valence-corrected chi connectivity index (χ0v) is 7.68. The van der Waals surface area contributed by atoms with Crippen LogP contribution in [0.15, 0.2) is 24.3 Å². The van der Waals surface area contributed by atoms with Crippen LogP contribution in [0, 0.1) is 11.7 Å². The third kappa shape index (κ3) is 2.65. The Balaban J connectivity index is 2.58. The van der Waals surface area contributed by atoms with Gasteiger partial charge in [-0.2, -0.15) is 0 Å². The molecule has 0 heterocycles. The first-order valence-corrected chi connectivity index (χ1v) is 4.46. The highest BCUT2D eigenvalue weighted by Gasteiger charge is 2.00. The van der Waals surface area contributed by atoms with E-state index in [4.69, 9.17) is 0 Å². The Morgan fingerprint density at radius 1 is 1.25 bits per heavy atom. The minimum Gasteiger partial charge on any atom is -0.207 e. The Morgan fingerprint density at radius 3 is 2.33 bits per heavy atom. The Morgan fingerprint density at radius 2 is 1.83 bits per heavy atom. The maximum Gasteiger partial charge on any atom is 0.123 e. The minimum absolute atomic E-state index is 0.150. The van der Waals surface area contributed by atoms with E-state index >= 15 is 0 Å². The molecular formula is C11H15F. The van der Waals surface area contributed by atoms with E-state index in [1.54, 1.807) is 0 Å². The van der Waals surface area contributed by atoms with Crippen LogP contribution in [0.25, 0.3) is 0 Å². The van der Waals surface area contributed by atoms with Gasteiger partial charge in [0.1, 0.15) is 5.82 Å². The summed E-state index contributed by atoms with van der Waals surface area (Å²) in [6.45, 7) is 4.39. The van der Waals surface area contributed by atoms with Gasteiger partial charge >= 0.3 is 0 Å². The second-order valence-electron chi connectivity index (χ2n) is 3.34. The molecule has 0 saturated carbocycles. The van der Waals surface area contributed by atoms with Crippen LogP contribution < -0.4 is 0 Å². The van der Waals surface area contributed by atoms with Gasteiger partial charge in [-0.25, -0.2) is 4.39 Å². The van der Waals surface area contributed by atoms with E-state index in [2.05, 4.69) is 13.8 Å². The fraction of sp³-hybridized carbons (Fsp3) is 0.455. The third-order valence-corrected chi connectivity index (χ3v) is 2.19. The van der Waals surface area contributed by atoms with Crippen LogP contribution in [0.4, 0.5) is 4.39 Å². The second kappa shape index (κ2) is 4.24. The molecule has 0 aromatic heterocycles. The van der Waals surface area contributed by atoms with E-state index < -0.39 is 0 Å². The third-order valence-electron chi connectivity index (χ3n) is 2.19. The fourth-order valence-corrected chi connectivity index (χ4v) is 1.17. The molecule has 1 rings (SSSR count). The van der Waals surface area contributed by atoms with Gasteiger partial charge in [-0.15, -0.1) is 0 Å². The Bertz CT molecular complexity index is 225. The molecule has 0 fully saturated rings. The molecule has 1 atom stereocenters. The van der Waals surface area contributed by atoms with Gasteiger partial charge in [0.15, 0.2) is 0 Å². The Hall–Kier alpha value is -0.850. The van der Waals surface area contributed by atoms with Crippen LogP contribution >= 0.6 is 0 Å². The van der Waals surface area contributed by atoms with E-state index in [9.17, 15) is 4.39 Å². The first kappa shape index (κ1) is 9.24. The number of hydrogen-bond donors (Lipinski definition) is 0. The zero-order valence-electron chi connectivity index (χ0n) is 7.68. The molecule has 0 unspecified atom stereocenters. The van der Waals surface area contributed by atoms with Crippen molar-refractivity contribution in [1.82, 2.24) is 0 Å². The molecule has 0 amide bonds. The first-order chi connectivity index (χ1) is 5.72. The summed E-state index contributed by atoms with van der Waals surface area (Å²) in [6, 6.07) is 6.78. The highest BCUT2D eigenvalue weighted by molar-refractivity contribution is 5.16. The van der Waals surface area contributed by atoms with Crippen molar-refractivity contribution in [3.05, 3.63) is 35.6 Å². The molecule has 0 aliphatic carbocycles. The summed E-state index contributed by atoms with van der Waals surface area (Å²) in [7, 11) is 0. The van der Waals surface area contributed by atoms with E-state index in [0.29, 0.717) is 5.92 Å². The van der Waals surface area contributed by atoms with Crippen molar-refractivity contribution in [3.63, 3.8) is 0 Å². The van der Waals surface area contributed by atoms with Gasteiger partial charge in [0.2, 0.25) is 0 Å². The number of halogens is 1. The topological polar surface area (TPSA) is 0 Å². The van der Waals surface area contributed by atoms with Crippen LogP contribution in [0.3, 0.4) is 0 Å². The molecule has 1 heteroatoms. The van der Waals surface area contributed by atoms with Gasteiger partial charge in [0, 0.05) is 0 Å². The second-order valence-corrected chi connectivity index (χ2v) is 3.34. The molecule has 0 radical (unpaired) electrons. The lowest BCUT2D eigenvalue weighted by atomic mass is 9.99. The largest absolute Gasteiger partial charge is 0.207 e. The van der Waals surface area contributed by atoms with Crippen molar-refractivity contribution < 1.29 is 4.39 Å². The summed E-state index contributed by atoms with van der Waals surface area (Å²) in [5.41, 5.74) is 1.23. The maximum atomic E-state index is 12.5. The fourth-order valence-electron chi connectivity index (χ4n) is 1.17. The van der Waals surface area contributed by atoms with Crippen LogP contribution in [0.2, 0.25) is 0 Å². The van der Waals surface area contributed by atoms with E-state index in [-0.39, 0.29) is 5.82 Å². The number of rotatable bonds is 3. The lowest BCUT2D eigenvalue weighted by Gasteiger charge is -2.07. The van der Waals surface area contributed by atoms with Gasteiger partial charge in [-0.05, 0) is 30.0 Å². The van der Waals surface area contributed by atoms with Crippen LogP contribution in [-0.4, -0.2) is 0 Å². The molecule has 0 aliphatic heterocycles. The summed E-state index contributed by atoms with van der Waals surface area (Å²) in [5, 5.41) is 0. The molecule has 1 aromatic rings. The Kier molecular flexibility index (Phi) is 3.27. The van der Waals surface area contributed by atoms with Crippen molar-refractivity contribution in [2.24, 2.45) is 5.92 Å². The predicted octanol–water partition coefficient (Wildman–Crippen LogP) is 3.41. The van der Waals surface area contributed by atoms with E-state index in [1.165, 1.54) is 24.1 Å². The van der Waals surface area contributed by atoms with Crippen molar-refractivity contribution in [3.8, 4) is 0 Å². The molecule has 0 bridgehead atoms. The van der Waals surface area contributed by atoms with Gasteiger partial charge in [-0.3, -0.25) is 0 Å². The highest BCUT2D eigenvalue weighted by atomic mass is 19.1.